The van der Waals surface area contributed by atoms with Gasteiger partial charge in [-0.2, -0.15) is 26.3 Å². The van der Waals surface area contributed by atoms with Crippen LogP contribution in [0.25, 0.3) is 0 Å². The van der Waals surface area contributed by atoms with E-state index in [1.54, 1.807) is 13.8 Å². The van der Waals surface area contributed by atoms with Crippen LogP contribution in [0.1, 0.15) is 34.6 Å². The van der Waals surface area contributed by atoms with Gasteiger partial charge in [0, 0.05) is 13.2 Å². The molecular weight excluding hydrogens is 386 g/mol. The van der Waals surface area contributed by atoms with E-state index >= 15 is 0 Å². The lowest BCUT2D eigenvalue weighted by Gasteiger charge is -2.24. The van der Waals surface area contributed by atoms with Gasteiger partial charge in [-0.3, -0.25) is 4.79 Å². The van der Waals surface area contributed by atoms with Crippen molar-refractivity contribution in [3.8, 4) is 0 Å². The van der Waals surface area contributed by atoms with E-state index in [0.717, 1.165) is 0 Å². The first-order valence-electron chi connectivity index (χ1n) is 8.41. The van der Waals surface area contributed by atoms with Crippen LogP contribution >= 0.6 is 0 Å². The number of ether oxygens (including phenoxy) is 3. The maximum absolute atomic E-state index is 12.5. The summed E-state index contributed by atoms with van der Waals surface area (Å²) >= 11 is 0. The van der Waals surface area contributed by atoms with Crippen molar-refractivity contribution < 1.29 is 50.5 Å². The van der Waals surface area contributed by atoms with Gasteiger partial charge in [-0.25, -0.2) is 0 Å². The zero-order chi connectivity index (χ0) is 21.8. The van der Waals surface area contributed by atoms with Crippen molar-refractivity contribution in [3.05, 3.63) is 0 Å². The molecule has 0 bridgehead atoms. The van der Waals surface area contributed by atoms with Gasteiger partial charge in [0.15, 0.2) is 5.92 Å². The highest BCUT2D eigenvalue weighted by Crippen LogP contribution is 2.31. The number of esters is 1. The average molecular weight is 414 g/mol. The molecular formula is C16H28F6O5. The van der Waals surface area contributed by atoms with E-state index in [0.29, 0.717) is 0 Å². The number of rotatable bonds is 9. The van der Waals surface area contributed by atoms with Gasteiger partial charge in [0.25, 0.3) is 0 Å². The fraction of sp³-hybridized carbons (Fsp3) is 0.938. The van der Waals surface area contributed by atoms with Crippen molar-refractivity contribution in [3.63, 3.8) is 0 Å². The molecule has 5 nitrogen and oxygen atoms in total. The Kier molecular flexibility index (Phi) is 13.7. The van der Waals surface area contributed by atoms with Gasteiger partial charge in [-0.1, -0.05) is 0 Å². The van der Waals surface area contributed by atoms with Gasteiger partial charge < -0.3 is 19.3 Å². The molecule has 0 amide bonds. The van der Waals surface area contributed by atoms with E-state index in [-0.39, 0.29) is 19.8 Å². The fourth-order valence-electron chi connectivity index (χ4n) is 2.08. The molecule has 0 saturated carbocycles. The topological polar surface area (TPSA) is 65.0 Å². The molecule has 0 saturated heterocycles. The Morgan fingerprint density at radius 1 is 0.852 bits per heavy atom. The summed E-state index contributed by atoms with van der Waals surface area (Å²) in [4.78, 5) is 11.1. The monoisotopic (exact) mass is 414 g/mol. The third-order valence-corrected chi connectivity index (χ3v) is 3.41. The Labute approximate surface area is 155 Å². The highest BCUT2D eigenvalue weighted by atomic mass is 19.4. The second kappa shape index (κ2) is 13.2. The lowest BCUT2D eigenvalue weighted by molar-refractivity contribution is -0.217. The highest BCUT2D eigenvalue weighted by molar-refractivity contribution is 5.74. The molecule has 4 atom stereocenters. The van der Waals surface area contributed by atoms with Crippen LogP contribution < -0.4 is 0 Å². The maximum atomic E-state index is 12.5. The van der Waals surface area contributed by atoms with Crippen molar-refractivity contribution in [1.29, 1.82) is 0 Å². The van der Waals surface area contributed by atoms with Crippen LogP contribution in [-0.4, -0.2) is 62.1 Å². The lowest BCUT2D eigenvalue weighted by atomic mass is 10.0. The minimum absolute atomic E-state index is 0.0791. The Balaban J connectivity index is 0. The minimum atomic E-state index is -4.64. The van der Waals surface area contributed by atoms with Crippen molar-refractivity contribution >= 4 is 5.97 Å². The smallest absolute Gasteiger partial charge is 0.404 e. The first-order chi connectivity index (χ1) is 12.3. The van der Waals surface area contributed by atoms with Crippen molar-refractivity contribution in [2.75, 3.05) is 26.4 Å². The van der Waals surface area contributed by atoms with Crippen LogP contribution in [0.3, 0.4) is 0 Å². The molecule has 0 radical (unpaired) electrons. The zero-order valence-corrected chi connectivity index (χ0v) is 16.0. The summed E-state index contributed by atoms with van der Waals surface area (Å²) in [6, 6.07) is 0. The molecule has 0 spiro atoms. The molecule has 27 heavy (non-hydrogen) atoms. The number of alkyl halides is 6. The lowest BCUT2D eigenvalue weighted by Crippen LogP contribution is -2.41. The van der Waals surface area contributed by atoms with Crippen LogP contribution in [0, 0.1) is 11.8 Å². The fourth-order valence-corrected chi connectivity index (χ4v) is 2.08. The maximum Gasteiger partial charge on any atom is 0.404 e. The molecule has 0 aromatic carbocycles. The SMILES string of the molecule is CCOC(=O)C(C(C)OCC)C(F)(F)F.CCOC(C)C(CO)C(F)(F)F. The number of carbonyl (C=O) groups is 1. The van der Waals surface area contributed by atoms with E-state index in [1.165, 1.54) is 20.8 Å². The van der Waals surface area contributed by atoms with Crippen LogP contribution in [0.2, 0.25) is 0 Å². The molecule has 0 heterocycles. The third-order valence-electron chi connectivity index (χ3n) is 3.41. The van der Waals surface area contributed by atoms with E-state index in [9.17, 15) is 31.1 Å². The van der Waals surface area contributed by atoms with Crippen molar-refractivity contribution in [1.82, 2.24) is 0 Å². The molecule has 1 N–H and O–H groups in total. The summed E-state index contributed by atoms with van der Waals surface area (Å²) in [6.45, 7) is 6.47. The normalized spacial score (nSPS) is 16.6. The van der Waals surface area contributed by atoms with Gasteiger partial charge in [0.2, 0.25) is 0 Å². The molecule has 0 rings (SSSR count). The van der Waals surface area contributed by atoms with Gasteiger partial charge in [-0.05, 0) is 34.6 Å². The van der Waals surface area contributed by atoms with Gasteiger partial charge in [-0.15, -0.1) is 0 Å². The number of aliphatic hydroxyl groups excluding tert-OH is 1. The molecule has 0 aromatic rings. The standard InChI is InChI=1S/C9H15F3O3.C7H13F3O2/c1-4-14-6(3)7(9(10,11)12)8(13)15-5-2;1-3-12-5(2)6(4-11)7(8,9)10/h6-7H,4-5H2,1-3H3;5-6,11H,3-4H2,1-2H3. The summed E-state index contributed by atoms with van der Waals surface area (Å²) in [7, 11) is 0. The van der Waals surface area contributed by atoms with Crippen molar-refractivity contribution in [2.24, 2.45) is 11.8 Å². The second-order valence-corrected chi connectivity index (χ2v) is 5.42. The summed E-state index contributed by atoms with van der Waals surface area (Å²) < 4.78 is 87.5. The predicted octanol–water partition coefficient (Wildman–Crippen LogP) is 3.74. The first-order valence-corrected chi connectivity index (χ1v) is 8.41. The molecule has 0 aromatic heterocycles. The average Bonchev–Trinajstić information content (AvgIpc) is 2.46. The Bertz CT molecular complexity index is 400. The number of hydrogen-bond donors (Lipinski definition) is 1. The first kappa shape index (κ1) is 28.1. The summed E-state index contributed by atoms with van der Waals surface area (Å²) in [5.41, 5.74) is 0. The minimum Gasteiger partial charge on any atom is -0.465 e. The van der Waals surface area contributed by atoms with E-state index in [4.69, 9.17) is 14.6 Å². The van der Waals surface area contributed by atoms with Gasteiger partial charge in [0.1, 0.15) is 5.92 Å². The van der Waals surface area contributed by atoms with Gasteiger partial charge in [0.05, 0.1) is 25.4 Å². The zero-order valence-electron chi connectivity index (χ0n) is 16.0. The number of hydrogen-bond acceptors (Lipinski definition) is 5. The molecule has 11 heteroatoms. The predicted molar refractivity (Wildman–Crippen MR) is 85.0 cm³/mol. The Morgan fingerprint density at radius 3 is 1.59 bits per heavy atom. The molecule has 0 aliphatic carbocycles. The quantitative estimate of drug-likeness (QED) is 0.460. The Morgan fingerprint density at radius 2 is 1.30 bits per heavy atom. The van der Waals surface area contributed by atoms with E-state index in [1.807, 2.05) is 0 Å². The summed E-state index contributed by atoms with van der Waals surface area (Å²) in [5, 5.41) is 8.46. The van der Waals surface area contributed by atoms with E-state index in [2.05, 4.69) is 4.74 Å². The van der Waals surface area contributed by atoms with Crippen LogP contribution in [0.4, 0.5) is 26.3 Å². The van der Waals surface area contributed by atoms with Crippen molar-refractivity contribution in [2.45, 2.75) is 59.2 Å². The number of halogens is 6. The molecule has 0 aliphatic heterocycles. The third kappa shape index (κ3) is 11.4. The molecule has 0 fully saturated rings. The number of carbonyl (C=O) groups excluding carboxylic acids is 1. The van der Waals surface area contributed by atoms with Gasteiger partial charge >= 0.3 is 18.3 Å². The summed E-state index contributed by atoms with van der Waals surface area (Å²) in [6.07, 6.45) is -11.2. The van der Waals surface area contributed by atoms with Crippen LogP contribution in [0.5, 0.6) is 0 Å². The summed E-state index contributed by atoms with van der Waals surface area (Å²) in [5.74, 6) is -5.28. The number of aliphatic hydroxyl groups is 1. The largest absolute Gasteiger partial charge is 0.465 e. The van der Waals surface area contributed by atoms with Crippen LogP contribution in [0.15, 0.2) is 0 Å². The molecule has 0 aliphatic rings. The Hall–Kier alpha value is -1.07. The molecule has 164 valence electrons. The highest BCUT2D eigenvalue weighted by Gasteiger charge is 2.49. The van der Waals surface area contributed by atoms with E-state index < -0.39 is 49.0 Å². The second-order valence-electron chi connectivity index (χ2n) is 5.42. The molecule has 4 unspecified atom stereocenters. The van der Waals surface area contributed by atoms with Crippen LogP contribution in [-0.2, 0) is 19.0 Å².